The van der Waals surface area contributed by atoms with Gasteiger partial charge < -0.3 is 0 Å². The van der Waals surface area contributed by atoms with Gasteiger partial charge in [0.05, 0.1) is 0 Å². The Morgan fingerprint density at radius 3 is 2.64 bits per heavy atom. The monoisotopic (exact) mass is 349 g/mol. The molecule has 0 radical (unpaired) electrons. The molecule has 3 rings (SSSR count). The Bertz CT molecular complexity index is 465. The molecule has 70 valence electrons. The predicted octanol–water partition coefficient (Wildman–Crippen LogP) is 3.35. The van der Waals surface area contributed by atoms with Crippen LogP contribution < -0.4 is 0 Å². The molecular formula is C13H13Hf-. The number of aryl methyl sites for hydroxylation is 3. The first kappa shape index (κ1) is 10.2. The molecule has 0 saturated carbocycles. The number of fused-ring (bicyclic) bond motifs is 2. The van der Waals surface area contributed by atoms with Gasteiger partial charge in [0.25, 0.3) is 0 Å². The van der Waals surface area contributed by atoms with E-state index in [1.807, 2.05) is 0 Å². The molecule has 0 amide bonds. The van der Waals surface area contributed by atoms with E-state index in [0.717, 1.165) is 0 Å². The fourth-order valence-electron chi connectivity index (χ4n) is 2.43. The fraction of sp³-hybridized carbons (Fsp3) is 0.308. The molecule has 14 heavy (non-hydrogen) atoms. The summed E-state index contributed by atoms with van der Waals surface area (Å²) >= 11 is 0. The largest absolute Gasteiger partial charge is 0.168 e. The van der Waals surface area contributed by atoms with Crippen molar-refractivity contribution in [2.24, 2.45) is 0 Å². The Morgan fingerprint density at radius 2 is 1.86 bits per heavy atom. The number of rotatable bonds is 0. The summed E-state index contributed by atoms with van der Waals surface area (Å²) in [6, 6.07) is 9.24. The molecular weight excluding hydrogens is 335 g/mol. The minimum Gasteiger partial charge on any atom is -0.168 e. The van der Waals surface area contributed by atoms with Gasteiger partial charge in [-0.25, -0.2) is 0 Å². The van der Waals surface area contributed by atoms with Crippen LogP contribution in [0.1, 0.15) is 23.1 Å². The van der Waals surface area contributed by atoms with E-state index in [9.17, 15) is 0 Å². The van der Waals surface area contributed by atoms with Crippen LogP contribution >= 0.6 is 0 Å². The minimum absolute atomic E-state index is 0. The quantitative estimate of drug-likeness (QED) is 0.506. The molecule has 0 atom stereocenters. The average Bonchev–Trinajstić information content (AvgIpc) is 2.70. The zero-order valence-electron chi connectivity index (χ0n) is 8.43. The third kappa shape index (κ3) is 1.42. The van der Waals surface area contributed by atoms with Gasteiger partial charge in [0, 0.05) is 25.8 Å². The molecule has 2 aromatic rings. The first-order valence-electron chi connectivity index (χ1n) is 5.02. The number of hydrogen-bond acceptors (Lipinski definition) is 0. The summed E-state index contributed by atoms with van der Waals surface area (Å²) in [7, 11) is 0. The topological polar surface area (TPSA) is 0 Å². The van der Waals surface area contributed by atoms with Crippen molar-refractivity contribution >= 4 is 10.8 Å². The van der Waals surface area contributed by atoms with Gasteiger partial charge in [-0.3, -0.25) is 0 Å². The zero-order chi connectivity index (χ0) is 8.84. The molecule has 0 unspecified atom stereocenters. The van der Waals surface area contributed by atoms with E-state index in [1.54, 1.807) is 11.1 Å². The standard InChI is InChI=1S/C13H13.Hf/c1-9-5-6-12-7-10-3-2-4-11(10)8-13(9)12;/h5-8H,2-4H2,1H3;/q-1;. The van der Waals surface area contributed by atoms with Gasteiger partial charge in [0.15, 0.2) is 0 Å². The van der Waals surface area contributed by atoms with Gasteiger partial charge in [-0.05, 0) is 19.3 Å². The van der Waals surface area contributed by atoms with E-state index in [2.05, 4.69) is 31.2 Å². The van der Waals surface area contributed by atoms with Crippen LogP contribution in [0.2, 0.25) is 0 Å². The summed E-state index contributed by atoms with van der Waals surface area (Å²) in [5.74, 6) is 0. The molecule has 0 N–H and O–H groups in total. The van der Waals surface area contributed by atoms with E-state index < -0.39 is 0 Å². The van der Waals surface area contributed by atoms with Crippen LogP contribution in [0.25, 0.3) is 10.8 Å². The molecule has 2 aromatic carbocycles. The van der Waals surface area contributed by atoms with E-state index in [0.29, 0.717) is 0 Å². The van der Waals surface area contributed by atoms with Crippen LogP contribution in [0.3, 0.4) is 0 Å². The number of hydrogen-bond donors (Lipinski definition) is 0. The van der Waals surface area contributed by atoms with Gasteiger partial charge in [-0.15, -0.1) is 28.5 Å². The Kier molecular flexibility index (Phi) is 2.70. The van der Waals surface area contributed by atoms with Gasteiger partial charge in [-0.2, -0.15) is 12.1 Å². The summed E-state index contributed by atoms with van der Waals surface area (Å²) in [4.78, 5) is 0. The summed E-state index contributed by atoms with van der Waals surface area (Å²) < 4.78 is 0. The van der Waals surface area contributed by atoms with Crippen molar-refractivity contribution in [1.82, 2.24) is 0 Å². The van der Waals surface area contributed by atoms with Crippen LogP contribution in [-0.2, 0) is 38.7 Å². The van der Waals surface area contributed by atoms with Crippen LogP contribution in [0, 0.1) is 6.92 Å². The Hall–Kier alpha value is -0.300. The second-order valence-corrected chi connectivity index (χ2v) is 4.08. The molecule has 0 heterocycles. The maximum Gasteiger partial charge on any atom is 0 e. The first-order valence-corrected chi connectivity index (χ1v) is 5.02. The second-order valence-electron chi connectivity index (χ2n) is 4.08. The van der Waals surface area contributed by atoms with E-state index in [1.165, 1.54) is 35.6 Å². The van der Waals surface area contributed by atoms with Crippen molar-refractivity contribution in [2.75, 3.05) is 0 Å². The first-order chi connectivity index (χ1) is 6.34. The molecule has 0 spiro atoms. The molecule has 0 aliphatic heterocycles. The molecule has 1 aliphatic rings. The Labute approximate surface area is 103 Å². The maximum absolute atomic E-state index is 2.40. The average molecular weight is 348 g/mol. The Morgan fingerprint density at radius 1 is 1.14 bits per heavy atom. The predicted molar refractivity (Wildman–Crippen MR) is 56.3 cm³/mol. The molecule has 0 saturated heterocycles. The van der Waals surface area contributed by atoms with Gasteiger partial charge in [0.2, 0.25) is 0 Å². The third-order valence-electron chi connectivity index (χ3n) is 3.20. The molecule has 0 nitrogen and oxygen atoms in total. The smallest absolute Gasteiger partial charge is 0 e. The van der Waals surface area contributed by atoms with Crippen LogP contribution in [0.4, 0.5) is 0 Å². The van der Waals surface area contributed by atoms with Crippen LogP contribution in [-0.4, -0.2) is 0 Å². The van der Waals surface area contributed by atoms with Crippen LogP contribution in [0.5, 0.6) is 0 Å². The van der Waals surface area contributed by atoms with Gasteiger partial charge in [-0.1, -0.05) is 18.1 Å². The number of benzene rings is 1. The van der Waals surface area contributed by atoms with Crippen LogP contribution in [0.15, 0.2) is 24.3 Å². The maximum atomic E-state index is 2.40. The minimum atomic E-state index is 0. The molecule has 0 bridgehead atoms. The van der Waals surface area contributed by atoms with Crippen molar-refractivity contribution in [3.63, 3.8) is 0 Å². The van der Waals surface area contributed by atoms with Crippen molar-refractivity contribution in [3.8, 4) is 0 Å². The van der Waals surface area contributed by atoms with E-state index >= 15 is 0 Å². The van der Waals surface area contributed by atoms with Crippen molar-refractivity contribution < 1.29 is 25.8 Å². The summed E-state index contributed by atoms with van der Waals surface area (Å²) in [5.41, 5.74) is 4.59. The summed E-state index contributed by atoms with van der Waals surface area (Å²) in [6.45, 7) is 2.20. The van der Waals surface area contributed by atoms with Gasteiger partial charge >= 0.3 is 0 Å². The molecule has 0 fully saturated rings. The third-order valence-corrected chi connectivity index (χ3v) is 3.20. The van der Waals surface area contributed by atoms with E-state index in [4.69, 9.17) is 0 Å². The molecule has 0 aromatic heterocycles. The normalized spacial score (nSPS) is 14.1. The SMILES string of the molecule is C[c-]1ccc2cc3c(cc21)CCC3.[Hf]. The van der Waals surface area contributed by atoms with Crippen molar-refractivity contribution in [3.05, 3.63) is 41.0 Å². The summed E-state index contributed by atoms with van der Waals surface area (Å²) in [6.07, 6.45) is 3.92. The Balaban J connectivity index is 0.000000750. The fourth-order valence-corrected chi connectivity index (χ4v) is 2.43. The second kappa shape index (κ2) is 3.69. The summed E-state index contributed by atoms with van der Waals surface area (Å²) in [5, 5.41) is 2.89. The zero-order valence-corrected chi connectivity index (χ0v) is 12.0. The van der Waals surface area contributed by atoms with Crippen molar-refractivity contribution in [2.45, 2.75) is 26.2 Å². The molecule has 1 aliphatic carbocycles. The molecule has 1 heteroatoms. The van der Waals surface area contributed by atoms with Gasteiger partial charge in [0.1, 0.15) is 0 Å². The van der Waals surface area contributed by atoms with Crippen molar-refractivity contribution in [1.29, 1.82) is 0 Å². The van der Waals surface area contributed by atoms with E-state index in [-0.39, 0.29) is 25.8 Å².